The third kappa shape index (κ3) is 5.77. The number of benzene rings is 2. The van der Waals surface area contributed by atoms with Crippen LogP contribution in [0.2, 0.25) is 5.02 Å². The van der Waals surface area contributed by atoms with Crippen LogP contribution in [0.15, 0.2) is 48.5 Å². The van der Waals surface area contributed by atoms with Gasteiger partial charge < -0.3 is 10.1 Å². The van der Waals surface area contributed by atoms with Crippen LogP contribution in [0, 0.1) is 11.3 Å². The highest BCUT2D eigenvalue weighted by molar-refractivity contribution is 6.30. The Morgan fingerprint density at radius 3 is 2.59 bits per heavy atom. The average molecular weight is 315 g/mol. The highest BCUT2D eigenvalue weighted by atomic mass is 35.5. The maximum absolute atomic E-state index is 8.49. The number of rotatable bonds is 8. The van der Waals surface area contributed by atoms with E-state index >= 15 is 0 Å². The van der Waals surface area contributed by atoms with E-state index in [0.29, 0.717) is 13.0 Å². The maximum atomic E-state index is 8.49. The number of unbranched alkanes of at least 4 members (excludes halogenated alkanes) is 1. The molecule has 0 aliphatic heterocycles. The Bertz CT molecular complexity index is 620. The summed E-state index contributed by atoms with van der Waals surface area (Å²) in [6, 6.07) is 18.0. The van der Waals surface area contributed by atoms with Crippen molar-refractivity contribution in [2.45, 2.75) is 25.9 Å². The van der Waals surface area contributed by atoms with Crippen molar-refractivity contribution in [1.82, 2.24) is 5.32 Å². The molecule has 0 aliphatic carbocycles. The summed E-state index contributed by atoms with van der Waals surface area (Å²) in [6.07, 6.45) is 1.29. The van der Waals surface area contributed by atoms with Gasteiger partial charge in [0.15, 0.2) is 0 Å². The molecule has 0 radical (unpaired) electrons. The Morgan fingerprint density at radius 1 is 1.05 bits per heavy atom. The molecule has 22 heavy (non-hydrogen) atoms. The SMILES string of the molecule is N#CCCCOc1cccc(CNCc2ccc(Cl)cc2)c1. The Balaban J connectivity index is 1.77. The van der Waals surface area contributed by atoms with Gasteiger partial charge in [-0.2, -0.15) is 5.26 Å². The lowest BCUT2D eigenvalue weighted by molar-refractivity contribution is 0.312. The topological polar surface area (TPSA) is 45.0 Å². The Morgan fingerprint density at radius 2 is 1.82 bits per heavy atom. The summed E-state index contributed by atoms with van der Waals surface area (Å²) in [7, 11) is 0. The van der Waals surface area contributed by atoms with Crippen molar-refractivity contribution < 1.29 is 4.74 Å². The first-order chi connectivity index (χ1) is 10.8. The van der Waals surface area contributed by atoms with Gasteiger partial charge in [0.25, 0.3) is 0 Å². The zero-order chi connectivity index (χ0) is 15.6. The molecule has 1 N–H and O–H groups in total. The van der Waals surface area contributed by atoms with Crippen molar-refractivity contribution in [3.63, 3.8) is 0 Å². The molecule has 0 amide bonds. The van der Waals surface area contributed by atoms with Gasteiger partial charge in [0.2, 0.25) is 0 Å². The van der Waals surface area contributed by atoms with E-state index in [1.54, 1.807) is 0 Å². The molecule has 0 bridgehead atoms. The van der Waals surface area contributed by atoms with Crippen molar-refractivity contribution in [2.75, 3.05) is 6.61 Å². The molecule has 0 saturated heterocycles. The minimum atomic E-state index is 0.530. The standard InChI is InChI=1S/C18H19ClN2O/c19-17-8-6-15(7-9-17)13-21-14-16-4-3-5-18(12-16)22-11-2-1-10-20/h3-9,12,21H,1-2,11,13-14H2. The fraction of sp³-hybridized carbons (Fsp3) is 0.278. The van der Waals surface area contributed by atoms with E-state index in [1.165, 1.54) is 11.1 Å². The van der Waals surface area contributed by atoms with Crippen LogP contribution in [0.3, 0.4) is 0 Å². The van der Waals surface area contributed by atoms with Crippen LogP contribution in [-0.2, 0) is 13.1 Å². The quantitative estimate of drug-likeness (QED) is 0.738. The molecule has 0 heterocycles. The molecule has 0 atom stereocenters. The van der Waals surface area contributed by atoms with E-state index in [1.807, 2.05) is 42.5 Å². The molecule has 0 saturated carbocycles. The lowest BCUT2D eigenvalue weighted by Gasteiger charge is -2.08. The smallest absolute Gasteiger partial charge is 0.119 e. The Labute approximate surface area is 136 Å². The highest BCUT2D eigenvalue weighted by Gasteiger charge is 1.98. The van der Waals surface area contributed by atoms with E-state index in [9.17, 15) is 0 Å². The maximum Gasteiger partial charge on any atom is 0.119 e. The molecule has 2 rings (SSSR count). The fourth-order valence-corrected chi connectivity index (χ4v) is 2.17. The van der Waals surface area contributed by atoms with Gasteiger partial charge >= 0.3 is 0 Å². The molecule has 0 fully saturated rings. The molecule has 0 aliphatic rings. The normalized spacial score (nSPS) is 10.2. The summed E-state index contributed by atoms with van der Waals surface area (Å²) in [4.78, 5) is 0. The summed E-state index contributed by atoms with van der Waals surface area (Å²) in [6.45, 7) is 2.15. The van der Waals surface area contributed by atoms with Gasteiger partial charge in [-0.25, -0.2) is 0 Å². The first kappa shape index (κ1) is 16.4. The van der Waals surface area contributed by atoms with E-state index in [-0.39, 0.29) is 0 Å². The monoisotopic (exact) mass is 314 g/mol. The van der Waals surface area contributed by atoms with E-state index < -0.39 is 0 Å². The molecule has 4 heteroatoms. The molecular weight excluding hydrogens is 296 g/mol. The first-order valence-corrected chi connectivity index (χ1v) is 7.69. The van der Waals surface area contributed by atoms with Crippen molar-refractivity contribution in [3.8, 4) is 11.8 Å². The number of halogens is 1. The lowest BCUT2D eigenvalue weighted by Crippen LogP contribution is -2.12. The van der Waals surface area contributed by atoms with E-state index in [0.717, 1.165) is 30.3 Å². The average Bonchev–Trinajstić information content (AvgIpc) is 2.54. The van der Waals surface area contributed by atoms with Gasteiger partial charge in [-0.3, -0.25) is 0 Å². The minimum Gasteiger partial charge on any atom is -0.494 e. The zero-order valence-corrected chi connectivity index (χ0v) is 13.1. The first-order valence-electron chi connectivity index (χ1n) is 7.32. The van der Waals surface area contributed by atoms with E-state index in [4.69, 9.17) is 21.6 Å². The minimum absolute atomic E-state index is 0.530. The predicted molar refractivity (Wildman–Crippen MR) is 88.8 cm³/mol. The van der Waals surface area contributed by atoms with Gasteiger partial charge in [0, 0.05) is 24.5 Å². The summed E-state index contributed by atoms with van der Waals surface area (Å²) in [5.74, 6) is 0.851. The Hall–Kier alpha value is -2.02. The number of nitrogens with zero attached hydrogens (tertiary/aromatic N) is 1. The number of hydrogen-bond donors (Lipinski definition) is 1. The fourth-order valence-electron chi connectivity index (χ4n) is 2.04. The summed E-state index contributed by atoms with van der Waals surface area (Å²) >= 11 is 5.87. The molecule has 0 aromatic heterocycles. The van der Waals surface area contributed by atoms with Gasteiger partial charge in [0.1, 0.15) is 5.75 Å². The lowest BCUT2D eigenvalue weighted by atomic mass is 10.2. The Kier molecular flexibility index (Phi) is 6.76. The second kappa shape index (κ2) is 9.09. The van der Waals surface area contributed by atoms with Gasteiger partial charge in [-0.15, -0.1) is 0 Å². The molecule has 114 valence electrons. The van der Waals surface area contributed by atoms with Gasteiger partial charge in [-0.1, -0.05) is 35.9 Å². The second-order valence-corrected chi connectivity index (χ2v) is 5.42. The van der Waals surface area contributed by atoms with Gasteiger partial charge in [0.05, 0.1) is 12.7 Å². The summed E-state index contributed by atoms with van der Waals surface area (Å²) in [5.41, 5.74) is 2.38. The summed E-state index contributed by atoms with van der Waals surface area (Å²) < 4.78 is 5.63. The highest BCUT2D eigenvalue weighted by Crippen LogP contribution is 2.14. The molecule has 0 unspecified atom stereocenters. The molecule has 2 aromatic carbocycles. The number of ether oxygens (including phenoxy) is 1. The summed E-state index contributed by atoms with van der Waals surface area (Å²) in [5, 5.41) is 12.6. The third-order valence-electron chi connectivity index (χ3n) is 3.17. The zero-order valence-electron chi connectivity index (χ0n) is 12.4. The molecule has 0 spiro atoms. The van der Waals surface area contributed by atoms with Crippen molar-refractivity contribution in [2.24, 2.45) is 0 Å². The van der Waals surface area contributed by atoms with Crippen LogP contribution in [0.25, 0.3) is 0 Å². The predicted octanol–water partition coefficient (Wildman–Crippen LogP) is 4.31. The van der Waals surface area contributed by atoms with Crippen LogP contribution in [-0.4, -0.2) is 6.61 Å². The van der Waals surface area contributed by atoms with Crippen LogP contribution in [0.4, 0.5) is 0 Å². The van der Waals surface area contributed by atoms with Crippen LogP contribution in [0.5, 0.6) is 5.75 Å². The number of hydrogen-bond acceptors (Lipinski definition) is 3. The second-order valence-electron chi connectivity index (χ2n) is 4.99. The number of nitrogens with one attached hydrogen (secondary N) is 1. The van der Waals surface area contributed by atoms with Crippen molar-refractivity contribution >= 4 is 11.6 Å². The van der Waals surface area contributed by atoms with Gasteiger partial charge in [-0.05, 0) is 41.8 Å². The molecular formula is C18H19ClN2O. The van der Waals surface area contributed by atoms with Crippen LogP contribution in [0.1, 0.15) is 24.0 Å². The van der Waals surface area contributed by atoms with Crippen LogP contribution >= 0.6 is 11.6 Å². The number of nitriles is 1. The van der Waals surface area contributed by atoms with E-state index in [2.05, 4.69) is 17.5 Å². The van der Waals surface area contributed by atoms with Crippen LogP contribution < -0.4 is 10.1 Å². The molecule has 2 aromatic rings. The van der Waals surface area contributed by atoms with Crippen molar-refractivity contribution in [3.05, 3.63) is 64.7 Å². The van der Waals surface area contributed by atoms with Crippen molar-refractivity contribution in [1.29, 1.82) is 5.26 Å². The molecule has 3 nitrogen and oxygen atoms in total. The largest absolute Gasteiger partial charge is 0.494 e. The third-order valence-corrected chi connectivity index (χ3v) is 3.42.